The Balaban J connectivity index is 1.87. The number of rotatable bonds is 6. The fraction of sp³-hybridized carbons (Fsp3) is 0.304. The third-order valence-electron chi connectivity index (χ3n) is 6.12. The summed E-state index contributed by atoms with van der Waals surface area (Å²) in [6.45, 7) is 1.24. The fourth-order valence-corrected chi connectivity index (χ4v) is 5.21. The number of piperazine rings is 1. The summed E-state index contributed by atoms with van der Waals surface area (Å²) in [5.41, 5.74) is 2.31. The van der Waals surface area contributed by atoms with Crippen LogP contribution in [-0.4, -0.2) is 50.7 Å². The number of carbonyl (C=O) groups excluding carboxylic acids is 1. The highest BCUT2D eigenvalue weighted by Crippen LogP contribution is 2.46. The molecule has 3 unspecified atom stereocenters. The van der Waals surface area contributed by atoms with Crippen molar-refractivity contribution in [2.75, 3.05) is 34.4 Å². The maximum absolute atomic E-state index is 11.8. The molecule has 1 aliphatic heterocycles. The first kappa shape index (κ1) is 20.4. The molecule has 3 aromatic rings. The van der Waals surface area contributed by atoms with E-state index in [1.165, 1.54) is 0 Å². The molecule has 3 atom stereocenters. The highest BCUT2D eigenvalue weighted by Gasteiger charge is 2.50. The molecule has 0 aliphatic carbocycles. The fourth-order valence-electron chi connectivity index (χ4n) is 4.37. The molecule has 0 spiro atoms. The molecule has 6 nitrogen and oxygen atoms in total. The third kappa shape index (κ3) is 3.55. The van der Waals surface area contributed by atoms with E-state index < -0.39 is 0 Å². The lowest BCUT2D eigenvalue weighted by Gasteiger charge is -2.51. The Morgan fingerprint density at radius 3 is 2.13 bits per heavy atom. The average molecular weight is 425 g/mol. The largest absolute Gasteiger partial charge is 0.497 e. The monoisotopic (exact) mass is 424 g/mol. The standard InChI is InChI=1S/C23H26N3O3S/c1-26(18-6-10-20(29-3)11-7-18)21(17-4-8-19(28-2)9-5-17)14-25(16-27)15-22(26)23-24-12-13-30-23/h4-13,16,21-22H,14-15H2,1-3H3/q+1. The van der Waals surface area contributed by atoms with Crippen LogP contribution in [0.1, 0.15) is 22.7 Å². The van der Waals surface area contributed by atoms with Gasteiger partial charge in [-0.2, -0.15) is 0 Å². The van der Waals surface area contributed by atoms with E-state index in [9.17, 15) is 4.79 Å². The number of benzene rings is 2. The topological polar surface area (TPSA) is 51.7 Å². The first-order valence-electron chi connectivity index (χ1n) is 9.83. The summed E-state index contributed by atoms with van der Waals surface area (Å²) in [7, 11) is 5.58. The van der Waals surface area contributed by atoms with Crippen LogP contribution >= 0.6 is 11.3 Å². The first-order chi connectivity index (χ1) is 14.6. The molecule has 1 amide bonds. The number of hydrogen-bond acceptors (Lipinski definition) is 5. The lowest BCUT2D eigenvalue weighted by atomic mass is 9.94. The summed E-state index contributed by atoms with van der Waals surface area (Å²) in [5.74, 6) is 1.64. The molecule has 1 saturated heterocycles. The van der Waals surface area contributed by atoms with Crippen LogP contribution in [0.25, 0.3) is 0 Å². The summed E-state index contributed by atoms with van der Waals surface area (Å²) in [6.07, 6.45) is 2.79. The second-order valence-electron chi connectivity index (χ2n) is 7.58. The van der Waals surface area contributed by atoms with Crippen molar-refractivity contribution in [1.29, 1.82) is 0 Å². The molecule has 0 saturated carbocycles. The highest BCUT2D eigenvalue weighted by atomic mass is 32.1. The first-order valence-corrected chi connectivity index (χ1v) is 10.7. The van der Waals surface area contributed by atoms with Crippen molar-refractivity contribution >= 4 is 23.4 Å². The number of hydrogen-bond donors (Lipinski definition) is 0. The van der Waals surface area contributed by atoms with Crippen LogP contribution in [0.2, 0.25) is 0 Å². The van der Waals surface area contributed by atoms with Gasteiger partial charge in [-0.05, 0) is 36.4 Å². The Morgan fingerprint density at radius 1 is 1.00 bits per heavy atom. The van der Waals surface area contributed by atoms with Gasteiger partial charge < -0.3 is 14.4 Å². The molecular formula is C23H26N3O3S+. The molecule has 156 valence electrons. The quantitative estimate of drug-likeness (QED) is 0.442. The van der Waals surface area contributed by atoms with Crippen molar-refractivity contribution in [3.05, 3.63) is 70.7 Å². The highest BCUT2D eigenvalue weighted by molar-refractivity contribution is 7.09. The Morgan fingerprint density at radius 2 is 1.60 bits per heavy atom. The average Bonchev–Trinajstić information content (AvgIpc) is 3.34. The third-order valence-corrected chi connectivity index (χ3v) is 7.00. The van der Waals surface area contributed by atoms with Crippen LogP contribution in [0.5, 0.6) is 11.5 Å². The second kappa shape index (κ2) is 8.45. The molecule has 2 aromatic carbocycles. The van der Waals surface area contributed by atoms with Gasteiger partial charge in [-0.25, -0.2) is 4.98 Å². The predicted molar refractivity (Wildman–Crippen MR) is 119 cm³/mol. The van der Waals surface area contributed by atoms with Gasteiger partial charge in [-0.15, -0.1) is 11.3 Å². The van der Waals surface area contributed by atoms with E-state index in [-0.39, 0.29) is 12.1 Å². The van der Waals surface area contributed by atoms with Crippen LogP contribution in [0.3, 0.4) is 0 Å². The van der Waals surface area contributed by atoms with Crippen LogP contribution in [0.15, 0.2) is 60.1 Å². The summed E-state index contributed by atoms with van der Waals surface area (Å²) < 4.78 is 11.3. The normalized spacial score (nSPS) is 23.8. The SMILES string of the molecule is COc1ccc(C2CN(C=O)CC(c3nccs3)[N+]2(C)c2ccc(OC)cc2)cc1. The predicted octanol–water partition coefficient (Wildman–Crippen LogP) is 4.05. The number of ether oxygens (including phenoxy) is 2. The van der Waals surface area contributed by atoms with Crippen LogP contribution in [0, 0.1) is 0 Å². The molecule has 0 radical (unpaired) electrons. The minimum atomic E-state index is 0.0180. The number of likely N-dealkylation sites (N-methyl/N-ethyl adjacent to an activating group) is 1. The molecule has 1 aliphatic rings. The molecule has 30 heavy (non-hydrogen) atoms. The Hall–Kier alpha value is -2.90. The van der Waals surface area contributed by atoms with Crippen LogP contribution in [0.4, 0.5) is 5.69 Å². The van der Waals surface area contributed by atoms with E-state index in [4.69, 9.17) is 9.47 Å². The van der Waals surface area contributed by atoms with E-state index in [1.54, 1.807) is 25.6 Å². The Bertz CT molecular complexity index is 976. The van der Waals surface area contributed by atoms with Gasteiger partial charge in [0.15, 0.2) is 11.0 Å². The minimum Gasteiger partial charge on any atom is -0.497 e. The smallest absolute Gasteiger partial charge is 0.210 e. The Labute approximate surface area is 180 Å². The van der Waals surface area contributed by atoms with Gasteiger partial charge in [0, 0.05) is 29.3 Å². The van der Waals surface area contributed by atoms with E-state index in [0.29, 0.717) is 17.6 Å². The molecule has 2 heterocycles. The Kier molecular flexibility index (Phi) is 5.74. The number of quaternary nitrogens is 1. The van der Waals surface area contributed by atoms with Gasteiger partial charge >= 0.3 is 0 Å². The molecule has 1 aromatic heterocycles. The number of methoxy groups -OCH3 is 2. The lowest BCUT2D eigenvalue weighted by Crippen LogP contribution is -2.61. The maximum atomic E-state index is 11.8. The van der Waals surface area contributed by atoms with Gasteiger partial charge in [0.05, 0.1) is 34.4 Å². The van der Waals surface area contributed by atoms with E-state index in [2.05, 4.69) is 36.3 Å². The van der Waals surface area contributed by atoms with Crippen molar-refractivity contribution in [3.8, 4) is 11.5 Å². The summed E-state index contributed by atoms with van der Waals surface area (Å²) in [4.78, 5) is 18.3. The summed E-state index contributed by atoms with van der Waals surface area (Å²) in [6, 6.07) is 16.4. The minimum absolute atomic E-state index is 0.0180. The molecule has 0 N–H and O–H groups in total. The van der Waals surface area contributed by atoms with Gasteiger partial charge in [-0.3, -0.25) is 9.28 Å². The van der Waals surface area contributed by atoms with Gasteiger partial charge in [0.2, 0.25) is 6.41 Å². The second-order valence-corrected chi connectivity index (χ2v) is 8.51. The zero-order valence-corrected chi connectivity index (χ0v) is 18.2. The van der Waals surface area contributed by atoms with E-state index in [0.717, 1.165) is 34.2 Å². The summed E-state index contributed by atoms with van der Waals surface area (Å²) >= 11 is 1.64. The van der Waals surface area contributed by atoms with Crippen LogP contribution in [-0.2, 0) is 4.79 Å². The molecule has 7 heteroatoms. The molecular weight excluding hydrogens is 398 g/mol. The number of carbonyl (C=O) groups is 1. The number of thiazole rings is 1. The van der Waals surface area contributed by atoms with E-state index >= 15 is 0 Å². The number of nitrogens with zero attached hydrogens (tertiary/aromatic N) is 3. The van der Waals surface area contributed by atoms with Crippen molar-refractivity contribution in [3.63, 3.8) is 0 Å². The zero-order valence-electron chi connectivity index (χ0n) is 17.4. The van der Waals surface area contributed by atoms with Gasteiger partial charge in [0.1, 0.15) is 23.2 Å². The molecule has 4 rings (SSSR count). The number of aromatic nitrogens is 1. The lowest BCUT2D eigenvalue weighted by molar-refractivity contribution is -0.122. The van der Waals surface area contributed by atoms with Gasteiger partial charge in [-0.1, -0.05) is 0 Å². The van der Waals surface area contributed by atoms with Crippen LogP contribution < -0.4 is 14.0 Å². The molecule has 1 fully saturated rings. The van der Waals surface area contributed by atoms with Crippen molar-refractivity contribution in [2.24, 2.45) is 0 Å². The maximum Gasteiger partial charge on any atom is 0.210 e. The molecule has 0 bridgehead atoms. The van der Waals surface area contributed by atoms with Gasteiger partial charge in [0.25, 0.3) is 0 Å². The zero-order chi connectivity index (χ0) is 21.1. The van der Waals surface area contributed by atoms with Crippen molar-refractivity contribution in [2.45, 2.75) is 12.1 Å². The van der Waals surface area contributed by atoms with E-state index in [1.807, 2.05) is 40.7 Å². The number of amides is 1. The summed E-state index contributed by atoms with van der Waals surface area (Å²) in [5, 5.41) is 3.02. The van der Waals surface area contributed by atoms with Crippen molar-refractivity contribution < 1.29 is 14.3 Å². The van der Waals surface area contributed by atoms with Crippen molar-refractivity contribution in [1.82, 2.24) is 14.4 Å².